The number of rotatable bonds is 2. The van der Waals surface area contributed by atoms with Crippen LogP contribution < -0.4 is 0 Å². The summed E-state index contributed by atoms with van der Waals surface area (Å²) in [5.74, 6) is 0. The molecule has 2 aromatic rings. The highest BCUT2D eigenvalue weighted by atomic mass is 32.1. The van der Waals surface area contributed by atoms with Gasteiger partial charge >= 0.3 is 0 Å². The number of thiophene rings is 2. The predicted octanol–water partition coefficient (Wildman–Crippen LogP) is 3.42. The van der Waals surface area contributed by atoms with Crippen LogP contribution in [-0.2, 0) is 13.0 Å². The van der Waals surface area contributed by atoms with Crippen molar-refractivity contribution in [2.45, 2.75) is 13.0 Å². The number of hydrogen-bond donors (Lipinski definition) is 0. The number of nitriles is 1. The molecule has 0 spiro atoms. The summed E-state index contributed by atoms with van der Waals surface area (Å²) in [4.78, 5) is 9.21. The molecular weight excluding hydrogens is 274 g/mol. The first kappa shape index (κ1) is 12.5. The number of fused-ring (bicyclic) bond motifs is 1. The minimum absolute atomic E-state index is 0.779. The van der Waals surface area contributed by atoms with Crippen molar-refractivity contribution in [3.05, 3.63) is 38.4 Å². The Balaban J connectivity index is 1.96. The van der Waals surface area contributed by atoms with Crippen molar-refractivity contribution in [1.29, 1.82) is 5.26 Å². The van der Waals surface area contributed by atoms with Crippen LogP contribution in [0.3, 0.4) is 0 Å². The second kappa shape index (κ2) is 5.25. The van der Waals surface area contributed by atoms with Crippen molar-refractivity contribution in [3.63, 3.8) is 0 Å². The molecule has 0 unspecified atom stereocenters. The van der Waals surface area contributed by atoms with Crippen molar-refractivity contribution >= 4 is 33.9 Å². The molecule has 0 aromatic carbocycles. The molecule has 0 radical (unpaired) electrons. The van der Waals surface area contributed by atoms with Crippen molar-refractivity contribution < 1.29 is 0 Å². The summed E-state index contributed by atoms with van der Waals surface area (Å²) in [7, 11) is 2.11. The van der Waals surface area contributed by atoms with Crippen LogP contribution in [0, 0.1) is 11.3 Å². The van der Waals surface area contributed by atoms with Gasteiger partial charge in [-0.05, 0) is 30.5 Å². The quantitative estimate of drug-likeness (QED) is 0.794. The first-order valence-corrected chi connectivity index (χ1v) is 7.78. The van der Waals surface area contributed by atoms with E-state index in [9.17, 15) is 5.26 Å². The molecule has 0 bridgehead atoms. The molecule has 0 atom stereocenters. The van der Waals surface area contributed by atoms with Crippen LogP contribution in [0.4, 0.5) is 5.00 Å². The van der Waals surface area contributed by atoms with Gasteiger partial charge in [0.2, 0.25) is 0 Å². The van der Waals surface area contributed by atoms with Crippen molar-refractivity contribution in [2.24, 2.45) is 4.99 Å². The van der Waals surface area contributed by atoms with E-state index in [0.29, 0.717) is 0 Å². The lowest BCUT2D eigenvalue weighted by Crippen LogP contribution is -2.25. The predicted molar refractivity (Wildman–Crippen MR) is 80.6 cm³/mol. The Morgan fingerprint density at radius 1 is 1.53 bits per heavy atom. The molecule has 0 amide bonds. The van der Waals surface area contributed by atoms with Gasteiger partial charge in [-0.1, -0.05) is 6.07 Å². The number of nitrogens with zero attached hydrogens (tertiary/aromatic N) is 3. The average molecular weight is 287 g/mol. The van der Waals surface area contributed by atoms with E-state index in [1.54, 1.807) is 22.7 Å². The first-order chi connectivity index (χ1) is 9.28. The molecule has 3 heterocycles. The van der Waals surface area contributed by atoms with Crippen molar-refractivity contribution in [1.82, 2.24) is 4.90 Å². The number of likely N-dealkylation sites (N-methyl/N-ethyl adjacent to an activating group) is 1. The molecule has 1 aliphatic rings. The fraction of sp³-hybridized carbons (Fsp3) is 0.286. The lowest BCUT2D eigenvalue weighted by atomic mass is 10.0. The van der Waals surface area contributed by atoms with Crippen LogP contribution in [0.5, 0.6) is 0 Å². The molecule has 0 saturated heterocycles. The molecule has 96 valence electrons. The Morgan fingerprint density at radius 3 is 3.16 bits per heavy atom. The summed E-state index contributed by atoms with van der Waals surface area (Å²) in [6.07, 6.45) is 2.81. The third kappa shape index (κ3) is 2.47. The lowest BCUT2D eigenvalue weighted by Gasteiger charge is -2.21. The zero-order chi connectivity index (χ0) is 13.2. The van der Waals surface area contributed by atoms with E-state index in [1.165, 1.54) is 10.4 Å². The summed E-state index contributed by atoms with van der Waals surface area (Å²) in [5, 5.41) is 12.2. The maximum Gasteiger partial charge on any atom is 0.134 e. The summed E-state index contributed by atoms with van der Waals surface area (Å²) >= 11 is 3.31. The van der Waals surface area contributed by atoms with Gasteiger partial charge in [-0.3, -0.25) is 0 Å². The van der Waals surface area contributed by atoms with Gasteiger partial charge in [0.1, 0.15) is 11.1 Å². The Morgan fingerprint density at radius 2 is 2.42 bits per heavy atom. The molecule has 3 rings (SSSR count). The molecule has 0 saturated carbocycles. The molecule has 19 heavy (non-hydrogen) atoms. The first-order valence-electron chi connectivity index (χ1n) is 6.08. The maximum absolute atomic E-state index is 9.36. The standard InChI is InChI=1S/C14H13N3S2/c1-17-5-4-11-12(7-15)14(19-13(11)9-17)16-8-10-3-2-6-18-10/h2-3,6,8H,4-5,9H2,1H3/b16-8+. The van der Waals surface area contributed by atoms with E-state index in [4.69, 9.17) is 0 Å². The molecule has 5 heteroatoms. The highest BCUT2D eigenvalue weighted by Gasteiger charge is 2.22. The van der Waals surface area contributed by atoms with Crippen LogP contribution in [0.1, 0.15) is 20.9 Å². The number of hydrogen-bond acceptors (Lipinski definition) is 5. The van der Waals surface area contributed by atoms with Gasteiger partial charge in [0, 0.05) is 29.1 Å². The molecule has 0 N–H and O–H groups in total. The van der Waals surface area contributed by atoms with E-state index in [2.05, 4.69) is 23.0 Å². The van der Waals surface area contributed by atoms with E-state index in [0.717, 1.165) is 35.0 Å². The maximum atomic E-state index is 9.36. The second-order valence-electron chi connectivity index (χ2n) is 4.56. The largest absolute Gasteiger partial charge is 0.301 e. The Labute approximate surface area is 120 Å². The fourth-order valence-electron chi connectivity index (χ4n) is 2.21. The Kier molecular flexibility index (Phi) is 3.47. The number of aliphatic imine (C=N–C) groups is 1. The van der Waals surface area contributed by atoms with Gasteiger partial charge in [-0.15, -0.1) is 22.7 Å². The van der Waals surface area contributed by atoms with Crippen LogP contribution in [0.15, 0.2) is 22.5 Å². The SMILES string of the molecule is CN1CCc2c(sc(/N=C/c3cccs3)c2C#N)C1. The van der Waals surface area contributed by atoms with E-state index >= 15 is 0 Å². The smallest absolute Gasteiger partial charge is 0.134 e. The Bertz CT molecular complexity index is 647. The van der Waals surface area contributed by atoms with Crippen molar-refractivity contribution in [2.75, 3.05) is 13.6 Å². The van der Waals surface area contributed by atoms with E-state index < -0.39 is 0 Å². The minimum Gasteiger partial charge on any atom is -0.301 e. The zero-order valence-corrected chi connectivity index (χ0v) is 12.2. The third-order valence-corrected chi connectivity index (χ3v) is 5.12. The second-order valence-corrected chi connectivity index (χ2v) is 6.62. The minimum atomic E-state index is 0.779. The summed E-state index contributed by atoms with van der Waals surface area (Å²) in [6, 6.07) is 6.37. The molecule has 0 fully saturated rings. The molecule has 3 nitrogen and oxygen atoms in total. The fourth-order valence-corrected chi connectivity index (χ4v) is 4.02. The van der Waals surface area contributed by atoms with Crippen molar-refractivity contribution in [3.8, 4) is 6.07 Å². The molecule has 0 aliphatic carbocycles. The van der Waals surface area contributed by atoms with Gasteiger partial charge in [0.15, 0.2) is 0 Å². The van der Waals surface area contributed by atoms with Gasteiger partial charge in [-0.2, -0.15) is 5.26 Å². The zero-order valence-electron chi connectivity index (χ0n) is 10.6. The Hall–Kier alpha value is -1.48. The molecule has 1 aliphatic heterocycles. The van der Waals surface area contributed by atoms with Gasteiger partial charge in [-0.25, -0.2) is 4.99 Å². The van der Waals surface area contributed by atoms with Crippen LogP contribution in [0.2, 0.25) is 0 Å². The lowest BCUT2D eigenvalue weighted by molar-refractivity contribution is 0.317. The highest BCUT2D eigenvalue weighted by molar-refractivity contribution is 7.16. The molecule has 2 aromatic heterocycles. The average Bonchev–Trinajstić information content (AvgIpc) is 3.02. The summed E-state index contributed by atoms with van der Waals surface area (Å²) in [5.41, 5.74) is 1.99. The van der Waals surface area contributed by atoms with Crippen LogP contribution >= 0.6 is 22.7 Å². The highest BCUT2D eigenvalue weighted by Crippen LogP contribution is 2.38. The van der Waals surface area contributed by atoms with Gasteiger partial charge in [0.05, 0.1) is 5.56 Å². The van der Waals surface area contributed by atoms with Crippen LogP contribution in [0.25, 0.3) is 0 Å². The van der Waals surface area contributed by atoms with Gasteiger partial charge in [0.25, 0.3) is 0 Å². The topological polar surface area (TPSA) is 39.4 Å². The monoisotopic (exact) mass is 287 g/mol. The van der Waals surface area contributed by atoms with Gasteiger partial charge < -0.3 is 4.90 Å². The molecular formula is C14H13N3S2. The normalized spacial score (nSPS) is 15.6. The summed E-state index contributed by atoms with van der Waals surface area (Å²) in [6.45, 7) is 1.95. The summed E-state index contributed by atoms with van der Waals surface area (Å²) < 4.78 is 0. The van der Waals surface area contributed by atoms with E-state index in [1.807, 2.05) is 23.7 Å². The van der Waals surface area contributed by atoms with E-state index in [-0.39, 0.29) is 0 Å². The van der Waals surface area contributed by atoms with Crippen LogP contribution in [-0.4, -0.2) is 24.7 Å². The third-order valence-electron chi connectivity index (χ3n) is 3.19.